The predicted molar refractivity (Wildman–Crippen MR) is 81.2 cm³/mol. The highest BCUT2D eigenvalue weighted by molar-refractivity contribution is 6.32. The highest BCUT2D eigenvalue weighted by Gasteiger charge is 2.20. The second kappa shape index (κ2) is 7.61. The molecule has 1 atom stereocenters. The van der Waals surface area contributed by atoms with Gasteiger partial charge in [-0.25, -0.2) is 0 Å². The van der Waals surface area contributed by atoms with Crippen molar-refractivity contribution < 1.29 is 9.84 Å². The summed E-state index contributed by atoms with van der Waals surface area (Å²) in [6.07, 6.45) is 1.88. The lowest BCUT2D eigenvalue weighted by Crippen LogP contribution is -2.29. The van der Waals surface area contributed by atoms with Crippen LogP contribution in [0, 0.1) is 5.41 Å². The predicted octanol–water partition coefficient (Wildman–Crippen LogP) is 3.95. The van der Waals surface area contributed by atoms with Crippen molar-refractivity contribution in [3.63, 3.8) is 0 Å². The van der Waals surface area contributed by atoms with Gasteiger partial charge in [0, 0.05) is 17.6 Å². The maximum absolute atomic E-state index is 9.37. The molecule has 1 aromatic carbocycles. The first kappa shape index (κ1) is 16.1. The van der Waals surface area contributed by atoms with Crippen LogP contribution >= 0.6 is 11.6 Å². The third-order valence-electron chi connectivity index (χ3n) is 3.35. The Morgan fingerprint density at radius 1 is 1.37 bits per heavy atom. The lowest BCUT2D eigenvalue weighted by atomic mass is 9.88. The average molecular weight is 286 g/mol. The topological polar surface area (TPSA) is 41.5 Å². The van der Waals surface area contributed by atoms with E-state index in [1.807, 2.05) is 18.2 Å². The van der Waals surface area contributed by atoms with Crippen LogP contribution in [0.3, 0.4) is 0 Å². The quantitative estimate of drug-likeness (QED) is 0.760. The maximum Gasteiger partial charge on any atom is 0.138 e. The van der Waals surface area contributed by atoms with E-state index in [4.69, 9.17) is 16.3 Å². The Morgan fingerprint density at radius 3 is 2.63 bits per heavy atom. The highest BCUT2D eigenvalue weighted by Crippen LogP contribution is 2.29. The molecule has 0 spiro atoms. The van der Waals surface area contributed by atoms with Gasteiger partial charge in [0.05, 0.1) is 18.2 Å². The summed E-state index contributed by atoms with van der Waals surface area (Å²) in [6, 6.07) is 5.69. The van der Waals surface area contributed by atoms with Gasteiger partial charge < -0.3 is 15.2 Å². The minimum Gasteiger partial charge on any atom is -0.492 e. The third-order valence-corrected chi connectivity index (χ3v) is 3.64. The van der Waals surface area contributed by atoms with E-state index < -0.39 is 0 Å². The zero-order valence-corrected chi connectivity index (χ0v) is 12.8. The summed E-state index contributed by atoms with van der Waals surface area (Å²) in [7, 11) is 0. The van der Waals surface area contributed by atoms with Crippen LogP contribution in [-0.2, 0) is 0 Å². The SMILES string of the molecule is CCCOc1ccc(NCC(C)(CC)CO)cc1Cl. The minimum atomic E-state index is -0.107. The van der Waals surface area contributed by atoms with Gasteiger partial charge in [0.1, 0.15) is 5.75 Å². The van der Waals surface area contributed by atoms with E-state index in [1.165, 1.54) is 0 Å². The van der Waals surface area contributed by atoms with Crippen LogP contribution in [0.4, 0.5) is 5.69 Å². The molecular weight excluding hydrogens is 262 g/mol. The van der Waals surface area contributed by atoms with Gasteiger partial charge >= 0.3 is 0 Å². The van der Waals surface area contributed by atoms with Crippen molar-refractivity contribution in [3.8, 4) is 5.75 Å². The molecule has 0 heterocycles. The zero-order valence-electron chi connectivity index (χ0n) is 12.0. The van der Waals surface area contributed by atoms with Crippen LogP contribution in [0.2, 0.25) is 5.02 Å². The first-order chi connectivity index (χ1) is 9.04. The van der Waals surface area contributed by atoms with Crippen molar-refractivity contribution in [2.75, 3.05) is 25.1 Å². The Bertz CT molecular complexity index is 392. The first-order valence-corrected chi connectivity index (χ1v) is 7.19. The molecule has 1 rings (SSSR count). The van der Waals surface area contributed by atoms with Crippen molar-refractivity contribution in [3.05, 3.63) is 23.2 Å². The molecule has 1 aromatic rings. The average Bonchev–Trinajstić information content (AvgIpc) is 2.44. The van der Waals surface area contributed by atoms with Crippen LogP contribution in [0.5, 0.6) is 5.75 Å². The van der Waals surface area contributed by atoms with E-state index in [9.17, 15) is 5.11 Å². The van der Waals surface area contributed by atoms with E-state index in [2.05, 4.69) is 26.1 Å². The molecule has 0 fully saturated rings. The molecule has 0 saturated heterocycles. The van der Waals surface area contributed by atoms with Gasteiger partial charge in [0.2, 0.25) is 0 Å². The molecule has 0 amide bonds. The second-order valence-corrected chi connectivity index (χ2v) is 5.58. The Labute approximate surface area is 120 Å². The van der Waals surface area contributed by atoms with Crippen molar-refractivity contribution in [2.24, 2.45) is 5.41 Å². The van der Waals surface area contributed by atoms with E-state index in [-0.39, 0.29) is 12.0 Å². The molecular formula is C15H24ClNO2. The monoisotopic (exact) mass is 285 g/mol. The summed E-state index contributed by atoms with van der Waals surface area (Å²) >= 11 is 6.17. The number of ether oxygens (including phenoxy) is 1. The van der Waals surface area contributed by atoms with Gasteiger partial charge in [-0.15, -0.1) is 0 Å². The van der Waals surface area contributed by atoms with Crippen molar-refractivity contribution >= 4 is 17.3 Å². The third kappa shape index (κ3) is 4.92. The first-order valence-electron chi connectivity index (χ1n) is 6.81. The number of rotatable bonds is 8. The van der Waals surface area contributed by atoms with Gasteiger partial charge in [-0.1, -0.05) is 32.4 Å². The maximum atomic E-state index is 9.37. The van der Waals surface area contributed by atoms with E-state index in [0.29, 0.717) is 18.2 Å². The highest BCUT2D eigenvalue weighted by atomic mass is 35.5. The number of aliphatic hydroxyl groups is 1. The van der Waals surface area contributed by atoms with Gasteiger partial charge in [-0.3, -0.25) is 0 Å². The smallest absolute Gasteiger partial charge is 0.138 e. The summed E-state index contributed by atoms with van der Waals surface area (Å²) in [5.74, 6) is 0.717. The van der Waals surface area contributed by atoms with E-state index in [0.717, 1.165) is 24.3 Å². The lowest BCUT2D eigenvalue weighted by molar-refractivity contribution is 0.149. The van der Waals surface area contributed by atoms with Crippen LogP contribution < -0.4 is 10.1 Å². The van der Waals surface area contributed by atoms with Gasteiger partial charge in [0.15, 0.2) is 0 Å². The number of nitrogens with one attached hydrogen (secondary N) is 1. The fraction of sp³-hybridized carbons (Fsp3) is 0.600. The molecule has 0 radical (unpaired) electrons. The Hall–Kier alpha value is -0.930. The number of halogens is 1. The van der Waals surface area contributed by atoms with Crippen LogP contribution in [0.1, 0.15) is 33.6 Å². The molecule has 19 heavy (non-hydrogen) atoms. The molecule has 0 aliphatic rings. The summed E-state index contributed by atoms with van der Waals surface area (Å²) in [5.41, 5.74) is 0.839. The molecule has 0 aromatic heterocycles. The van der Waals surface area contributed by atoms with Gasteiger partial charge in [0.25, 0.3) is 0 Å². The lowest BCUT2D eigenvalue weighted by Gasteiger charge is -2.26. The number of hydrogen-bond acceptors (Lipinski definition) is 3. The van der Waals surface area contributed by atoms with Gasteiger partial charge in [-0.05, 0) is 31.0 Å². The fourth-order valence-electron chi connectivity index (χ4n) is 1.55. The molecule has 0 saturated carbocycles. The molecule has 3 nitrogen and oxygen atoms in total. The molecule has 2 N–H and O–H groups in total. The molecule has 1 unspecified atom stereocenters. The molecule has 4 heteroatoms. The standard InChI is InChI=1S/C15H24ClNO2/c1-4-8-19-14-7-6-12(9-13(14)16)17-10-15(3,5-2)11-18/h6-7,9,17-18H,4-5,8,10-11H2,1-3H3. The van der Waals surface area contributed by atoms with Crippen LogP contribution in [-0.4, -0.2) is 24.9 Å². The van der Waals surface area contributed by atoms with Crippen molar-refractivity contribution in [1.29, 1.82) is 0 Å². The Morgan fingerprint density at radius 2 is 2.11 bits per heavy atom. The fourth-order valence-corrected chi connectivity index (χ4v) is 1.78. The number of aliphatic hydroxyl groups excluding tert-OH is 1. The van der Waals surface area contributed by atoms with E-state index in [1.54, 1.807) is 0 Å². The molecule has 0 aliphatic carbocycles. The largest absolute Gasteiger partial charge is 0.492 e. The van der Waals surface area contributed by atoms with E-state index >= 15 is 0 Å². The Kier molecular flexibility index (Phi) is 6.46. The molecule has 108 valence electrons. The number of hydrogen-bond donors (Lipinski definition) is 2. The minimum absolute atomic E-state index is 0.107. The number of anilines is 1. The summed E-state index contributed by atoms with van der Waals surface area (Å²) in [6.45, 7) is 7.75. The normalized spacial score (nSPS) is 13.9. The number of benzene rings is 1. The molecule has 0 bridgehead atoms. The van der Waals surface area contributed by atoms with Crippen LogP contribution in [0.15, 0.2) is 18.2 Å². The Balaban J connectivity index is 2.63. The summed E-state index contributed by atoms with van der Waals surface area (Å²) in [4.78, 5) is 0. The summed E-state index contributed by atoms with van der Waals surface area (Å²) < 4.78 is 5.53. The van der Waals surface area contributed by atoms with Crippen molar-refractivity contribution in [2.45, 2.75) is 33.6 Å². The summed E-state index contributed by atoms with van der Waals surface area (Å²) in [5, 5.41) is 13.3. The molecule has 0 aliphatic heterocycles. The van der Waals surface area contributed by atoms with Gasteiger partial charge in [-0.2, -0.15) is 0 Å². The van der Waals surface area contributed by atoms with Crippen molar-refractivity contribution in [1.82, 2.24) is 0 Å². The second-order valence-electron chi connectivity index (χ2n) is 5.17. The zero-order chi connectivity index (χ0) is 14.3. The van der Waals surface area contributed by atoms with Crippen LogP contribution in [0.25, 0.3) is 0 Å².